The second-order valence-corrected chi connectivity index (χ2v) is 9.30. The van der Waals surface area contributed by atoms with E-state index in [0.29, 0.717) is 11.4 Å². The summed E-state index contributed by atoms with van der Waals surface area (Å²) in [5.41, 5.74) is -0.0104. The van der Waals surface area contributed by atoms with Gasteiger partial charge < -0.3 is 16.0 Å². The molecule has 2 aromatic carbocycles. The number of nitrogens with one attached hydrogen (secondary N) is 3. The first kappa shape index (κ1) is 25.8. The third-order valence-corrected chi connectivity index (χ3v) is 5.03. The van der Waals surface area contributed by atoms with Gasteiger partial charge in [-0.1, -0.05) is 52.3 Å². The van der Waals surface area contributed by atoms with E-state index in [9.17, 15) is 24.5 Å². The number of anilines is 2. The fourth-order valence-corrected chi connectivity index (χ4v) is 2.95. The largest absolute Gasteiger partial charge is 0.340 e. The molecular formula is C23H27ClN4O5. The van der Waals surface area contributed by atoms with Crippen LogP contribution in [0.15, 0.2) is 42.5 Å². The zero-order valence-electron chi connectivity index (χ0n) is 19.1. The van der Waals surface area contributed by atoms with Crippen molar-refractivity contribution in [1.29, 1.82) is 0 Å². The maximum Gasteiger partial charge on any atom is 0.288 e. The molecular weight excluding hydrogens is 448 g/mol. The number of hydrogen-bond acceptors (Lipinski definition) is 5. The molecule has 0 aliphatic heterocycles. The molecule has 1 unspecified atom stereocenters. The first-order valence-electron chi connectivity index (χ1n) is 10.3. The molecule has 3 N–H and O–H groups in total. The van der Waals surface area contributed by atoms with Crippen LogP contribution >= 0.6 is 11.6 Å². The van der Waals surface area contributed by atoms with Crippen molar-refractivity contribution in [3.05, 3.63) is 63.2 Å². The molecule has 33 heavy (non-hydrogen) atoms. The smallest absolute Gasteiger partial charge is 0.288 e. The molecule has 9 nitrogen and oxygen atoms in total. The second kappa shape index (κ2) is 10.4. The predicted octanol–water partition coefficient (Wildman–Crippen LogP) is 4.63. The van der Waals surface area contributed by atoms with Gasteiger partial charge in [-0.25, -0.2) is 0 Å². The van der Waals surface area contributed by atoms with E-state index in [1.54, 1.807) is 58.9 Å². The number of amides is 3. The molecule has 0 heterocycles. The Morgan fingerprint density at radius 3 is 2.15 bits per heavy atom. The number of nitro groups is 1. The highest BCUT2D eigenvalue weighted by Crippen LogP contribution is 2.25. The van der Waals surface area contributed by atoms with Gasteiger partial charge in [0.15, 0.2) is 0 Å². The van der Waals surface area contributed by atoms with E-state index in [2.05, 4.69) is 16.0 Å². The van der Waals surface area contributed by atoms with Gasteiger partial charge in [0.05, 0.1) is 4.92 Å². The molecule has 1 atom stereocenters. The predicted molar refractivity (Wildman–Crippen MR) is 127 cm³/mol. The highest BCUT2D eigenvalue weighted by atomic mass is 35.5. The minimum atomic E-state index is -0.917. The van der Waals surface area contributed by atoms with Gasteiger partial charge >= 0.3 is 0 Å². The number of rotatable bonds is 7. The topological polar surface area (TPSA) is 130 Å². The van der Waals surface area contributed by atoms with Gasteiger partial charge in [-0.15, -0.1) is 0 Å². The summed E-state index contributed by atoms with van der Waals surface area (Å²) in [5, 5.41) is 19.1. The Bertz CT molecular complexity index is 1080. The minimum Gasteiger partial charge on any atom is -0.340 e. The van der Waals surface area contributed by atoms with Gasteiger partial charge in [-0.05, 0) is 36.2 Å². The molecule has 2 aromatic rings. The van der Waals surface area contributed by atoms with Gasteiger partial charge in [-0.2, -0.15) is 0 Å². The number of halogens is 1. The summed E-state index contributed by atoms with van der Waals surface area (Å²) in [4.78, 5) is 48.2. The maximum atomic E-state index is 12.9. The number of nitrogens with zero attached hydrogens (tertiary/aromatic N) is 1. The fourth-order valence-electron chi connectivity index (χ4n) is 2.77. The molecule has 0 saturated heterocycles. The van der Waals surface area contributed by atoms with Crippen molar-refractivity contribution in [2.45, 2.75) is 40.7 Å². The average molecular weight is 475 g/mol. The maximum absolute atomic E-state index is 12.9. The van der Waals surface area contributed by atoms with Crippen LogP contribution in [0.1, 0.15) is 45.0 Å². The van der Waals surface area contributed by atoms with Crippen LogP contribution in [0.25, 0.3) is 0 Å². The van der Waals surface area contributed by atoms with Crippen molar-refractivity contribution in [2.75, 3.05) is 10.6 Å². The van der Waals surface area contributed by atoms with Gasteiger partial charge in [0.2, 0.25) is 11.8 Å². The van der Waals surface area contributed by atoms with E-state index in [4.69, 9.17) is 11.6 Å². The quantitative estimate of drug-likeness (QED) is 0.398. The number of benzene rings is 2. The Hall–Kier alpha value is -3.46. The normalized spacial score (nSPS) is 12.1. The highest BCUT2D eigenvalue weighted by Gasteiger charge is 2.26. The van der Waals surface area contributed by atoms with Crippen LogP contribution in [0.2, 0.25) is 5.02 Å². The molecule has 0 aliphatic carbocycles. The summed E-state index contributed by atoms with van der Waals surface area (Å²) in [6.45, 7) is 8.89. The van der Waals surface area contributed by atoms with Crippen molar-refractivity contribution < 1.29 is 19.3 Å². The Labute approximate surface area is 197 Å². The summed E-state index contributed by atoms with van der Waals surface area (Å²) < 4.78 is 0. The zero-order chi connectivity index (χ0) is 24.9. The number of nitro benzene ring substituents is 1. The molecule has 0 radical (unpaired) electrons. The van der Waals surface area contributed by atoms with Crippen LogP contribution in [-0.4, -0.2) is 28.7 Å². The second-order valence-electron chi connectivity index (χ2n) is 8.89. The summed E-state index contributed by atoms with van der Waals surface area (Å²) in [7, 11) is 0. The number of hydrogen-bond donors (Lipinski definition) is 3. The van der Waals surface area contributed by atoms with E-state index < -0.39 is 33.9 Å². The van der Waals surface area contributed by atoms with E-state index in [-0.39, 0.29) is 22.4 Å². The van der Waals surface area contributed by atoms with E-state index >= 15 is 0 Å². The molecule has 2 rings (SSSR count). The Morgan fingerprint density at radius 2 is 1.61 bits per heavy atom. The first-order valence-corrected chi connectivity index (χ1v) is 10.6. The Morgan fingerprint density at radius 1 is 1.00 bits per heavy atom. The van der Waals surface area contributed by atoms with E-state index in [1.165, 1.54) is 12.1 Å². The number of carbonyl (C=O) groups excluding carboxylic acids is 3. The van der Waals surface area contributed by atoms with E-state index in [0.717, 1.165) is 6.07 Å². The highest BCUT2D eigenvalue weighted by molar-refractivity contribution is 6.32. The van der Waals surface area contributed by atoms with Crippen molar-refractivity contribution in [2.24, 2.45) is 11.3 Å². The van der Waals surface area contributed by atoms with Gasteiger partial charge in [0.1, 0.15) is 11.1 Å². The number of carbonyl (C=O) groups is 3. The lowest BCUT2D eigenvalue weighted by Crippen LogP contribution is -2.47. The van der Waals surface area contributed by atoms with Crippen molar-refractivity contribution in [3.8, 4) is 0 Å². The Balaban J connectivity index is 2.16. The molecule has 0 fully saturated rings. The first-order chi connectivity index (χ1) is 15.3. The summed E-state index contributed by atoms with van der Waals surface area (Å²) in [6, 6.07) is 9.42. The molecule has 0 aliphatic rings. The lowest BCUT2D eigenvalue weighted by atomic mass is 9.95. The molecule has 0 bridgehead atoms. The summed E-state index contributed by atoms with van der Waals surface area (Å²) >= 11 is 5.80. The van der Waals surface area contributed by atoms with Gasteiger partial charge in [0, 0.05) is 28.4 Å². The van der Waals surface area contributed by atoms with Crippen molar-refractivity contribution in [3.63, 3.8) is 0 Å². The fraction of sp³-hybridized carbons (Fsp3) is 0.348. The van der Waals surface area contributed by atoms with Crippen LogP contribution in [0, 0.1) is 21.4 Å². The Kier molecular flexibility index (Phi) is 8.16. The molecule has 0 saturated carbocycles. The zero-order valence-corrected chi connectivity index (χ0v) is 19.8. The lowest BCUT2D eigenvalue weighted by Gasteiger charge is -2.22. The third kappa shape index (κ3) is 7.01. The van der Waals surface area contributed by atoms with Gasteiger partial charge in [0.25, 0.3) is 11.6 Å². The summed E-state index contributed by atoms with van der Waals surface area (Å²) in [6.07, 6.45) is 0. The summed E-state index contributed by atoms with van der Waals surface area (Å²) in [5.74, 6) is -1.56. The van der Waals surface area contributed by atoms with Gasteiger partial charge in [-0.3, -0.25) is 24.5 Å². The SMILES string of the molecule is CC(C)C(NC(=O)c1ccc(Cl)c([N+](=O)[O-])c1)C(=O)Nc1cccc(NC(=O)C(C)(C)C)c1. The standard InChI is InChI=1S/C23H27ClN4O5/c1-13(2)19(27-20(29)14-9-10-17(24)18(11-14)28(32)33)21(30)25-15-7-6-8-16(12-15)26-22(31)23(3,4)5/h6-13,19H,1-5H3,(H,25,30)(H,26,31)(H,27,29). The van der Waals surface area contributed by atoms with Crippen LogP contribution in [-0.2, 0) is 9.59 Å². The lowest BCUT2D eigenvalue weighted by molar-refractivity contribution is -0.384. The van der Waals surface area contributed by atoms with Crippen LogP contribution in [0.4, 0.5) is 17.1 Å². The average Bonchev–Trinajstić information content (AvgIpc) is 2.71. The van der Waals surface area contributed by atoms with Crippen LogP contribution < -0.4 is 16.0 Å². The van der Waals surface area contributed by atoms with Crippen LogP contribution in [0.5, 0.6) is 0 Å². The minimum absolute atomic E-state index is 0.0106. The molecule has 0 aromatic heterocycles. The molecule has 3 amide bonds. The molecule has 0 spiro atoms. The van der Waals surface area contributed by atoms with Crippen LogP contribution in [0.3, 0.4) is 0 Å². The van der Waals surface area contributed by atoms with Crippen molar-refractivity contribution >= 4 is 46.4 Å². The molecule has 176 valence electrons. The monoisotopic (exact) mass is 474 g/mol. The van der Waals surface area contributed by atoms with Crippen molar-refractivity contribution in [1.82, 2.24) is 5.32 Å². The molecule has 10 heteroatoms. The third-order valence-electron chi connectivity index (χ3n) is 4.71. The van der Waals surface area contributed by atoms with E-state index in [1.807, 2.05) is 0 Å².